The molecule has 2 heteroatoms. The zero-order valence-electron chi connectivity index (χ0n) is 15.5. The molecule has 24 heavy (non-hydrogen) atoms. The number of ether oxygens (including phenoxy) is 1. The molecule has 0 bridgehead atoms. The first-order valence-corrected chi connectivity index (χ1v) is 8.38. The second-order valence-electron chi connectivity index (χ2n) is 5.53. The molecule has 0 radical (unpaired) electrons. The molecule has 128 valence electrons. The van der Waals surface area contributed by atoms with Crippen molar-refractivity contribution in [1.29, 1.82) is 0 Å². The normalized spacial score (nSPS) is 11.0. The summed E-state index contributed by atoms with van der Waals surface area (Å²) in [7, 11) is 0. The van der Waals surface area contributed by atoms with Crippen molar-refractivity contribution in [2.24, 2.45) is 0 Å². The molecule has 2 N–H and O–H groups in total. The van der Waals surface area contributed by atoms with Crippen molar-refractivity contribution in [3.8, 4) is 5.75 Å². The Morgan fingerprint density at radius 2 is 1.58 bits per heavy atom. The second-order valence-corrected chi connectivity index (χ2v) is 5.53. The number of benzene rings is 2. The van der Waals surface area contributed by atoms with E-state index >= 15 is 0 Å². The summed E-state index contributed by atoms with van der Waals surface area (Å²) in [4.78, 5) is 0. The minimum absolute atomic E-state index is 0.0562. The molecule has 0 aromatic heterocycles. The van der Waals surface area contributed by atoms with Crippen LogP contribution in [0.4, 0.5) is 5.69 Å². The highest BCUT2D eigenvalue weighted by Crippen LogP contribution is 2.29. The highest BCUT2D eigenvalue weighted by Gasteiger charge is 2.11. The van der Waals surface area contributed by atoms with Gasteiger partial charge in [0.25, 0.3) is 0 Å². The van der Waals surface area contributed by atoms with Crippen LogP contribution in [0.2, 0.25) is 0 Å². The van der Waals surface area contributed by atoms with Gasteiger partial charge in [0.15, 0.2) is 0 Å². The van der Waals surface area contributed by atoms with Gasteiger partial charge in [0.05, 0.1) is 0 Å². The van der Waals surface area contributed by atoms with Crippen molar-refractivity contribution in [3.63, 3.8) is 0 Å². The lowest BCUT2D eigenvalue weighted by Gasteiger charge is -2.19. The van der Waals surface area contributed by atoms with Crippen LogP contribution < -0.4 is 10.5 Å². The maximum absolute atomic E-state index is 6.12. The second kappa shape index (κ2) is 8.97. The average molecular weight is 323 g/mol. The number of hydrogen-bond acceptors (Lipinski definition) is 2. The Hall–Kier alpha value is -2.48. The maximum Gasteiger partial charge on any atom is 0.123 e. The molecule has 2 nitrogen and oxygen atoms in total. The lowest BCUT2D eigenvalue weighted by molar-refractivity contribution is 0.225. The third-order valence-corrected chi connectivity index (χ3v) is 3.89. The topological polar surface area (TPSA) is 35.2 Å². The third kappa shape index (κ3) is 4.51. The minimum atomic E-state index is -0.0562. The van der Waals surface area contributed by atoms with E-state index in [1.54, 1.807) is 0 Å². The fourth-order valence-corrected chi connectivity index (χ4v) is 2.41. The van der Waals surface area contributed by atoms with Crippen LogP contribution >= 0.6 is 0 Å². The first-order valence-electron chi connectivity index (χ1n) is 8.38. The molecular weight excluding hydrogens is 294 g/mol. The average Bonchev–Trinajstić information content (AvgIpc) is 2.60. The standard InChI is InChI=1S/C20H23NO.C2H6/c1-6-16-8-9-18(12-17(16)7-2)15(5)22-20-11-13(3)19(21)10-14(20)4;1-2/h6-12,15H,1-2,21H2,3-5H3;1-2H3. The molecule has 0 fully saturated rings. The summed E-state index contributed by atoms with van der Waals surface area (Å²) in [5, 5.41) is 0. The van der Waals surface area contributed by atoms with Gasteiger partial charge in [-0.2, -0.15) is 0 Å². The molecule has 1 atom stereocenters. The molecule has 2 rings (SSSR count). The van der Waals surface area contributed by atoms with Gasteiger partial charge in [-0.05, 0) is 66.8 Å². The SMILES string of the molecule is C=Cc1ccc(C(C)Oc2cc(C)c(N)cc2C)cc1C=C.CC. The van der Waals surface area contributed by atoms with E-state index in [4.69, 9.17) is 10.5 Å². The molecule has 0 spiro atoms. The molecule has 0 saturated carbocycles. The van der Waals surface area contributed by atoms with E-state index in [1.807, 2.05) is 65.0 Å². The van der Waals surface area contributed by atoms with Gasteiger partial charge in [0.1, 0.15) is 11.9 Å². The zero-order valence-corrected chi connectivity index (χ0v) is 15.5. The van der Waals surface area contributed by atoms with Gasteiger partial charge in [-0.3, -0.25) is 0 Å². The largest absolute Gasteiger partial charge is 0.486 e. The van der Waals surface area contributed by atoms with Gasteiger partial charge < -0.3 is 10.5 Å². The molecule has 0 aliphatic carbocycles. The first-order chi connectivity index (χ1) is 11.5. The van der Waals surface area contributed by atoms with E-state index in [-0.39, 0.29) is 6.10 Å². The van der Waals surface area contributed by atoms with Crippen molar-refractivity contribution in [2.75, 3.05) is 5.73 Å². The van der Waals surface area contributed by atoms with E-state index in [0.29, 0.717) is 0 Å². The maximum atomic E-state index is 6.12. The molecule has 2 aromatic carbocycles. The molecule has 0 amide bonds. The van der Waals surface area contributed by atoms with Crippen molar-refractivity contribution in [2.45, 2.75) is 40.7 Å². The predicted molar refractivity (Wildman–Crippen MR) is 107 cm³/mol. The molecule has 2 aromatic rings. The van der Waals surface area contributed by atoms with Crippen LogP contribution in [-0.2, 0) is 0 Å². The van der Waals surface area contributed by atoms with Crippen LogP contribution in [-0.4, -0.2) is 0 Å². The van der Waals surface area contributed by atoms with Crippen molar-refractivity contribution in [1.82, 2.24) is 0 Å². The number of aryl methyl sites for hydroxylation is 2. The van der Waals surface area contributed by atoms with Gasteiger partial charge in [0, 0.05) is 5.69 Å². The Balaban J connectivity index is 0.00000139. The van der Waals surface area contributed by atoms with Crippen molar-refractivity contribution in [3.05, 3.63) is 71.3 Å². The highest BCUT2D eigenvalue weighted by molar-refractivity contribution is 5.64. The van der Waals surface area contributed by atoms with Crippen LogP contribution in [0.5, 0.6) is 5.75 Å². The van der Waals surface area contributed by atoms with Crippen molar-refractivity contribution >= 4 is 17.8 Å². The number of nitrogen functional groups attached to an aromatic ring is 1. The Morgan fingerprint density at radius 3 is 2.17 bits per heavy atom. The van der Waals surface area contributed by atoms with Gasteiger partial charge in [-0.25, -0.2) is 0 Å². The number of rotatable bonds is 5. The Labute approximate surface area is 146 Å². The van der Waals surface area contributed by atoms with Crippen LogP contribution in [0.3, 0.4) is 0 Å². The number of hydrogen-bond donors (Lipinski definition) is 1. The van der Waals surface area contributed by atoms with E-state index < -0.39 is 0 Å². The number of anilines is 1. The zero-order chi connectivity index (χ0) is 18.3. The predicted octanol–water partition coefficient (Wildman–Crippen LogP) is 6.34. The molecule has 0 aliphatic heterocycles. The van der Waals surface area contributed by atoms with Gasteiger partial charge >= 0.3 is 0 Å². The van der Waals surface area contributed by atoms with Crippen LogP contribution in [0, 0.1) is 13.8 Å². The van der Waals surface area contributed by atoms with E-state index in [2.05, 4.69) is 25.3 Å². The molecule has 0 saturated heterocycles. The Bertz CT molecular complexity index is 716. The van der Waals surface area contributed by atoms with Gasteiger partial charge in [-0.15, -0.1) is 0 Å². The lowest BCUT2D eigenvalue weighted by Crippen LogP contribution is -2.05. The first kappa shape index (κ1) is 19.6. The van der Waals surface area contributed by atoms with Crippen LogP contribution in [0.1, 0.15) is 54.7 Å². The molecule has 1 unspecified atom stereocenters. The minimum Gasteiger partial charge on any atom is -0.486 e. The van der Waals surface area contributed by atoms with Gasteiger partial charge in [0.2, 0.25) is 0 Å². The fourth-order valence-electron chi connectivity index (χ4n) is 2.41. The fraction of sp³-hybridized carbons (Fsp3) is 0.273. The molecule has 0 aliphatic rings. The lowest BCUT2D eigenvalue weighted by atomic mass is 10.0. The summed E-state index contributed by atoms with van der Waals surface area (Å²) >= 11 is 0. The smallest absolute Gasteiger partial charge is 0.123 e. The van der Waals surface area contributed by atoms with Crippen LogP contribution in [0.25, 0.3) is 12.2 Å². The van der Waals surface area contributed by atoms with Gasteiger partial charge in [-0.1, -0.05) is 51.3 Å². The van der Waals surface area contributed by atoms with Crippen LogP contribution in [0.15, 0.2) is 43.5 Å². The quantitative estimate of drug-likeness (QED) is 0.652. The summed E-state index contributed by atoms with van der Waals surface area (Å²) in [6.45, 7) is 17.7. The summed E-state index contributed by atoms with van der Waals surface area (Å²) in [5.41, 5.74) is 12.0. The summed E-state index contributed by atoms with van der Waals surface area (Å²) in [6, 6.07) is 10.1. The monoisotopic (exact) mass is 323 g/mol. The van der Waals surface area contributed by atoms with E-state index in [0.717, 1.165) is 39.3 Å². The Kier molecular flexibility index (Phi) is 7.31. The molecule has 0 heterocycles. The summed E-state index contributed by atoms with van der Waals surface area (Å²) in [5.74, 6) is 0.868. The highest BCUT2D eigenvalue weighted by atomic mass is 16.5. The third-order valence-electron chi connectivity index (χ3n) is 3.89. The van der Waals surface area contributed by atoms with E-state index in [9.17, 15) is 0 Å². The summed E-state index contributed by atoms with van der Waals surface area (Å²) in [6.07, 6.45) is 3.62. The van der Waals surface area contributed by atoms with E-state index in [1.165, 1.54) is 0 Å². The molecular formula is C22H29NO. The number of nitrogens with two attached hydrogens (primary N) is 1. The van der Waals surface area contributed by atoms with Crippen molar-refractivity contribution < 1.29 is 4.74 Å². The summed E-state index contributed by atoms with van der Waals surface area (Å²) < 4.78 is 6.12. The Morgan fingerprint density at radius 1 is 0.958 bits per heavy atom.